The Bertz CT molecular complexity index is 964. The molecule has 0 aliphatic carbocycles. The molecular weight excluding hydrogens is 392 g/mol. The molecule has 4 nitrogen and oxygen atoms in total. The van der Waals surface area contributed by atoms with Gasteiger partial charge in [0.2, 0.25) is 5.91 Å². The van der Waals surface area contributed by atoms with Crippen LogP contribution in [0.4, 0.5) is 5.69 Å². The second-order valence-corrected chi connectivity index (χ2v) is 8.81. The van der Waals surface area contributed by atoms with Crippen molar-refractivity contribution >= 4 is 22.9 Å². The van der Waals surface area contributed by atoms with E-state index in [4.69, 9.17) is 4.74 Å². The van der Waals surface area contributed by atoms with E-state index in [1.807, 2.05) is 36.6 Å². The quantitative estimate of drug-likeness (QED) is 0.443. The molecule has 1 heterocycles. The fourth-order valence-electron chi connectivity index (χ4n) is 3.42. The summed E-state index contributed by atoms with van der Waals surface area (Å²) in [7, 11) is 0. The first kappa shape index (κ1) is 22.0. The number of hydrogen-bond donors (Lipinski definition) is 1. The molecule has 30 heavy (non-hydrogen) atoms. The predicted molar refractivity (Wildman–Crippen MR) is 126 cm³/mol. The monoisotopic (exact) mass is 422 g/mol. The minimum Gasteiger partial charge on any atom is -0.494 e. The standard InChI is InChI=1S/C25H30N2O2S/c1-6-29-20-12-10-18(11-13-20)25-26-19(15-30-25)14-23(28)27-24-21(16(2)3)8-7-9-22(24)17(4)5/h7-13,15-17H,6,14H2,1-5H3,(H,27,28). The number of nitrogens with zero attached hydrogens (tertiary/aromatic N) is 1. The third-order valence-electron chi connectivity index (χ3n) is 4.94. The fraction of sp³-hybridized carbons (Fsp3) is 0.360. The molecule has 0 unspecified atom stereocenters. The summed E-state index contributed by atoms with van der Waals surface area (Å²) in [5, 5.41) is 6.04. The van der Waals surface area contributed by atoms with Gasteiger partial charge in [-0.05, 0) is 54.2 Å². The van der Waals surface area contributed by atoms with Gasteiger partial charge in [0.05, 0.1) is 18.7 Å². The highest BCUT2D eigenvalue weighted by molar-refractivity contribution is 7.13. The number of thiazole rings is 1. The van der Waals surface area contributed by atoms with Crippen LogP contribution in [0.3, 0.4) is 0 Å². The lowest BCUT2D eigenvalue weighted by Gasteiger charge is -2.20. The minimum absolute atomic E-state index is 0.0338. The SMILES string of the molecule is CCOc1ccc(-c2nc(CC(=O)Nc3c(C(C)C)cccc3C(C)C)cs2)cc1. The molecule has 5 heteroatoms. The van der Waals surface area contributed by atoms with Crippen LogP contribution < -0.4 is 10.1 Å². The van der Waals surface area contributed by atoms with Crippen molar-refractivity contribution in [3.05, 3.63) is 64.7 Å². The van der Waals surface area contributed by atoms with E-state index in [-0.39, 0.29) is 12.3 Å². The van der Waals surface area contributed by atoms with Crippen LogP contribution in [0.1, 0.15) is 63.3 Å². The Morgan fingerprint density at radius 3 is 2.23 bits per heavy atom. The molecule has 3 aromatic rings. The Balaban J connectivity index is 1.74. The number of rotatable bonds is 8. The van der Waals surface area contributed by atoms with Gasteiger partial charge in [-0.3, -0.25) is 4.79 Å². The molecule has 3 rings (SSSR count). The number of hydrogen-bond acceptors (Lipinski definition) is 4. The van der Waals surface area contributed by atoms with E-state index in [1.165, 1.54) is 11.1 Å². The van der Waals surface area contributed by atoms with Crippen molar-refractivity contribution in [2.45, 2.75) is 52.9 Å². The van der Waals surface area contributed by atoms with E-state index < -0.39 is 0 Å². The first-order chi connectivity index (χ1) is 14.4. The van der Waals surface area contributed by atoms with Gasteiger partial charge >= 0.3 is 0 Å². The van der Waals surface area contributed by atoms with Gasteiger partial charge in [-0.15, -0.1) is 11.3 Å². The summed E-state index contributed by atoms with van der Waals surface area (Å²) in [5.41, 5.74) is 5.11. The van der Waals surface area contributed by atoms with E-state index in [0.29, 0.717) is 18.4 Å². The zero-order chi connectivity index (χ0) is 21.7. The van der Waals surface area contributed by atoms with E-state index in [9.17, 15) is 4.79 Å². The average Bonchev–Trinajstić information content (AvgIpc) is 3.16. The number of carbonyl (C=O) groups excluding carboxylic acids is 1. The lowest BCUT2D eigenvalue weighted by Crippen LogP contribution is -2.18. The van der Waals surface area contributed by atoms with Crippen molar-refractivity contribution in [3.8, 4) is 16.3 Å². The number of carbonyl (C=O) groups is 1. The normalized spacial score (nSPS) is 11.2. The van der Waals surface area contributed by atoms with Crippen molar-refractivity contribution < 1.29 is 9.53 Å². The summed E-state index contributed by atoms with van der Waals surface area (Å²) in [6.07, 6.45) is 0.261. The molecule has 0 saturated heterocycles. The minimum atomic E-state index is -0.0338. The highest BCUT2D eigenvalue weighted by Gasteiger charge is 2.17. The van der Waals surface area contributed by atoms with Crippen molar-refractivity contribution in [2.24, 2.45) is 0 Å². The van der Waals surface area contributed by atoms with E-state index >= 15 is 0 Å². The molecule has 0 fully saturated rings. The number of benzene rings is 2. The van der Waals surface area contributed by atoms with E-state index in [2.05, 4.69) is 56.2 Å². The third kappa shape index (κ3) is 5.28. The zero-order valence-electron chi connectivity index (χ0n) is 18.4. The number of ether oxygens (including phenoxy) is 1. The first-order valence-electron chi connectivity index (χ1n) is 10.5. The van der Waals surface area contributed by atoms with Gasteiger partial charge in [0.1, 0.15) is 10.8 Å². The highest BCUT2D eigenvalue weighted by Crippen LogP contribution is 2.32. The molecule has 0 atom stereocenters. The summed E-state index contributed by atoms with van der Waals surface area (Å²) in [6.45, 7) is 11.2. The highest BCUT2D eigenvalue weighted by atomic mass is 32.1. The van der Waals surface area contributed by atoms with Crippen LogP contribution in [0.25, 0.3) is 10.6 Å². The number of nitrogens with one attached hydrogen (secondary N) is 1. The van der Waals surface area contributed by atoms with Crippen LogP contribution in [-0.2, 0) is 11.2 Å². The van der Waals surface area contributed by atoms with E-state index in [1.54, 1.807) is 11.3 Å². The molecule has 158 valence electrons. The number of para-hydroxylation sites is 1. The lowest BCUT2D eigenvalue weighted by molar-refractivity contribution is -0.115. The van der Waals surface area contributed by atoms with Crippen LogP contribution in [0.15, 0.2) is 47.8 Å². The van der Waals surface area contributed by atoms with Gasteiger partial charge in [0.15, 0.2) is 0 Å². The summed E-state index contributed by atoms with van der Waals surface area (Å²) < 4.78 is 5.49. The van der Waals surface area contributed by atoms with E-state index in [0.717, 1.165) is 27.7 Å². The third-order valence-corrected chi connectivity index (χ3v) is 5.88. The first-order valence-corrected chi connectivity index (χ1v) is 11.4. The smallest absolute Gasteiger partial charge is 0.230 e. The Morgan fingerprint density at radius 1 is 1.03 bits per heavy atom. The van der Waals surface area contributed by atoms with Crippen LogP contribution in [0, 0.1) is 0 Å². The van der Waals surface area contributed by atoms with Crippen molar-refractivity contribution in [1.82, 2.24) is 4.98 Å². The molecule has 0 bridgehead atoms. The molecule has 1 aromatic heterocycles. The average molecular weight is 423 g/mol. The van der Waals surface area contributed by atoms with Gasteiger partial charge in [-0.25, -0.2) is 4.98 Å². The molecule has 0 radical (unpaired) electrons. The lowest BCUT2D eigenvalue weighted by atomic mass is 9.92. The van der Waals surface area contributed by atoms with Gasteiger partial charge in [-0.2, -0.15) is 0 Å². The van der Waals surface area contributed by atoms with Crippen LogP contribution in [0.5, 0.6) is 5.75 Å². The van der Waals surface area contributed by atoms with Crippen molar-refractivity contribution in [1.29, 1.82) is 0 Å². The van der Waals surface area contributed by atoms with Crippen LogP contribution in [-0.4, -0.2) is 17.5 Å². The van der Waals surface area contributed by atoms with Gasteiger partial charge in [0.25, 0.3) is 0 Å². The maximum atomic E-state index is 12.8. The Morgan fingerprint density at radius 2 is 1.67 bits per heavy atom. The zero-order valence-corrected chi connectivity index (χ0v) is 19.2. The predicted octanol–water partition coefficient (Wildman–Crippen LogP) is 6.64. The number of amides is 1. The number of anilines is 1. The van der Waals surface area contributed by atoms with Gasteiger partial charge < -0.3 is 10.1 Å². The van der Waals surface area contributed by atoms with Crippen molar-refractivity contribution in [3.63, 3.8) is 0 Å². The molecular formula is C25H30N2O2S. The second kappa shape index (κ2) is 9.90. The Hall–Kier alpha value is -2.66. The molecule has 1 N–H and O–H groups in total. The van der Waals surface area contributed by atoms with Crippen LogP contribution >= 0.6 is 11.3 Å². The summed E-state index contributed by atoms with van der Waals surface area (Å²) >= 11 is 1.55. The summed E-state index contributed by atoms with van der Waals surface area (Å²) in [4.78, 5) is 17.5. The molecule has 1 amide bonds. The fourth-order valence-corrected chi connectivity index (χ4v) is 4.25. The molecule has 0 spiro atoms. The summed E-state index contributed by atoms with van der Waals surface area (Å²) in [5.74, 6) is 1.49. The van der Waals surface area contributed by atoms with Crippen molar-refractivity contribution in [2.75, 3.05) is 11.9 Å². The Kier molecular flexibility index (Phi) is 7.27. The van der Waals surface area contributed by atoms with Gasteiger partial charge in [-0.1, -0.05) is 45.9 Å². The largest absolute Gasteiger partial charge is 0.494 e. The summed E-state index contributed by atoms with van der Waals surface area (Å²) in [6, 6.07) is 14.2. The van der Waals surface area contributed by atoms with Crippen LogP contribution in [0.2, 0.25) is 0 Å². The molecule has 0 aliphatic rings. The molecule has 0 saturated carbocycles. The van der Waals surface area contributed by atoms with Gasteiger partial charge in [0, 0.05) is 16.6 Å². The molecule has 2 aromatic carbocycles. The second-order valence-electron chi connectivity index (χ2n) is 7.95. The number of aromatic nitrogens is 1. The maximum absolute atomic E-state index is 12.8. The molecule has 0 aliphatic heterocycles. The maximum Gasteiger partial charge on any atom is 0.230 e. The topological polar surface area (TPSA) is 51.2 Å². The Labute approximate surface area is 183 Å².